The Hall–Kier alpha value is -2.26. The fraction of sp³-hybridized carbons (Fsp3) is 0.200. The van der Waals surface area contributed by atoms with Crippen molar-refractivity contribution in [2.75, 3.05) is 0 Å². The van der Waals surface area contributed by atoms with Crippen molar-refractivity contribution < 1.29 is 0 Å². The van der Waals surface area contributed by atoms with E-state index in [0.29, 0.717) is 0 Å². The fourth-order valence-corrected chi connectivity index (χ4v) is 12.2. The molecule has 0 atom stereocenters. The maximum absolute atomic E-state index is 2.58. The van der Waals surface area contributed by atoms with Crippen LogP contribution in [0.15, 0.2) is 121 Å². The van der Waals surface area contributed by atoms with Crippen LogP contribution in [0.2, 0.25) is 0 Å². The van der Waals surface area contributed by atoms with Gasteiger partial charge in [0.15, 0.2) is 0 Å². The highest BCUT2D eigenvalue weighted by Gasteiger charge is 2.43. The number of unbranched alkanes of at least 4 members (excludes halogenated alkanes) is 1. The molecule has 0 unspecified atom stereocenters. The molecule has 32 heavy (non-hydrogen) atoms. The van der Waals surface area contributed by atoms with Gasteiger partial charge in [-0.1, -0.05) is 148 Å². The molecule has 0 N–H and O–H groups in total. The summed E-state index contributed by atoms with van der Waals surface area (Å²) in [7, 11) is -1.13. The molecule has 0 fully saturated rings. The SMILES string of the molecule is CCCCC(C)(P(c1ccccc1)c1ccccc1)P(c1ccccc1)c1ccccc1. The molecular weight excluding hydrogens is 422 g/mol. The van der Waals surface area contributed by atoms with Crippen molar-refractivity contribution in [1.82, 2.24) is 0 Å². The van der Waals surface area contributed by atoms with E-state index in [1.807, 2.05) is 0 Å². The smallest absolute Gasteiger partial charge is 0.0238 e. The third-order valence-electron chi connectivity index (χ3n) is 6.02. The van der Waals surface area contributed by atoms with Crippen LogP contribution >= 0.6 is 15.8 Å². The molecule has 0 bridgehead atoms. The van der Waals surface area contributed by atoms with Gasteiger partial charge in [0.25, 0.3) is 0 Å². The van der Waals surface area contributed by atoms with E-state index in [9.17, 15) is 0 Å². The molecule has 4 rings (SSSR count). The van der Waals surface area contributed by atoms with Gasteiger partial charge in [-0.3, -0.25) is 0 Å². The third kappa shape index (κ3) is 5.04. The molecule has 4 aromatic carbocycles. The molecule has 4 aromatic rings. The Kier molecular flexibility index (Phi) is 7.91. The maximum atomic E-state index is 2.58. The Morgan fingerprint density at radius 1 is 0.500 bits per heavy atom. The molecule has 0 amide bonds. The highest BCUT2D eigenvalue weighted by atomic mass is 31.2. The van der Waals surface area contributed by atoms with E-state index in [-0.39, 0.29) is 4.90 Å². The molecule has 0 saturated heterocycles. The van der Waals surface area contributed by atoms with E-state index in [4.69, 9.17) is 0 Å². The van der Waals surface area contributed by atoms with Gasteiger partial charge in [-0.25, -0.2) is 0 Å². The Balaban J connectivity index is 1.97. The average molecular weight is 455 g/mol. The first-order chi connectivity index (χ1) is 15.7. The molecule has 2 heteroatoms. The standard InChI is InChI=1S/C30H32P2/c1-3-4-25-30(2,31(26-17-9-5-10-18-26)27-19-11-6-12-20-27)32(28-21-13-7-14-22-28)29-23-15-8-16-24-29/h5-24H,3-4,25H2,1-2H3. The van der Waals surface area contributed by atoms with E-state index in [1.165, 1.54) is 40.5 Å². The van der Waals surface area contributed by atoms with E-state index >= 15 is 0 Å². The van der Waals surface area contributed by atoms with Gasteiger partial charge in [0.05, 0.1) is 0 Å². The second-order valence-corrected chi connectivity index (χ2v) is 14.1. The Labute approximate surface area is 196 Å². The molecular formula is C30H32P2. The molecule has 0 aliphatic rings. The lowest BCUT2D eigenvalue weighted by Crippen LogP contribution is -2.36. The topological polar surface area (TPSA) is 0 Å². The van der Waals surface area contributed by atoms with Crippen LogP contribution in [0, 0.1) is 0 Å². The molecule has 0 nitrogen and oxygen atoms in total. The lowest BCUT2D eigenvalue weighted by Gasteiger charge is -2.45. The monoisotopic (exact) mass is 454 g/mol. The van der Waals surface area contributed by atoms with Crippen molar-refractivity contribution in [2.24, 2.45) is 0 Å². The van der Waals surface area contributed by atoms with Gasteiger partial charge >= 0.3 is 0 Å². The molecule has 162 valence electrons. The summed E-state index contributed by atoms with van der Waals surface area (Å²) >= 11 is 0. The van der Waals surface area contributed by atoms with Gasteiger partial charge in [0.2, 0.25) is 0 Å². The number of hydrogen-bond donors (Lipinski definition) is 0. The summed E-state index contributed by atoms with van der Waals surface area (Å²) in [6.45, 7) is 4.90. The summed E-state index contributed by atoms with van der Waals surface area (Å²) < 4.78 is 0. The maximum Gasteiger partial charge on any atom is 0.0238 e. The van der Waals surface area contributed by atoms with E-state index < -0.39 is 15.8 Å². The minimum atomic E-state index is -0.566. The van der Waals surface area contributed by atoms with Crippen LogP contribution in [0.3, 0.4) is 0 Å². The first kappa shape index (κ1) is 22.9. The van der Waals surface area contributed by atoms with Gasteiger partial charge in [-0.2, -0.15) is 0 Å². The van der Waals surface area contributed by atoms with Crippen molar-refractivity contribution >= 4 is 37.1 Å². The predicted octanol–water partition coefficient (Wildman–Crippen LogP) is 7.16. The summed E-state index contributed by atoms with van der Waals surface area (Å²) in [6.07, 6.45) is 3.68. The van der Waals surface area contributed by atoms with Gasteiger partial charge in [-0.15, -0.1) is 0 Å². The van der Waals surface area contributed by atoms with Gasteiger partial charge < -0.3 is 0 Å². The quantitative estimate of drug-likeness (QED) is 0.235. The highest BCUT2D eigenvalue weighted by molar-refractivity contribution is 7.90. The fourth-order valence-electron chi connectivity index (χ4n) is 4.55. The van der Waals surface area contributed by atoms with Crippen LogP contribution in [0.1, 0.15) is 33.1 Å². The molecule has 0 spiro atoms. The Bertz CT molecular complexity index is 901. The van der Waals surface area contributed by atoms with Crippen LogP contribution in [0.5, 0.6) is 0 Å². The molecule has 0 radical (unpaired) electrons. The number of rotatable bonds is 9. The zero-order valence-corrected chi connectivity index (χ0v) is 20.9. The van der Waals surface area contributed by atoms with Crippen molar-refractivity contribution in [3.05, 3.63) is 121 Å². The van der Waals surface area contributed by atoms with Crippen LogP contribution in [-0.4, -0.2) is 4.90 Å². The van der Waals surface area contributed by atoms with Crippen LogP contribution in [-0.2, 0) is 0 Å². The van der Waals surface area contributed by atoms with Crippen molar-refractivity contribution in [2.45, 2.75) is 38.0 Å². The highest BCUT2D eigenvalue weighted by Crippen LogP contribution is 2.66. The summed E-state index contributed by atoms with van der Waals surface area (Å²) in [4.78, 5) is 0.131. The predicted molar refractivity (Wildman–Crippen MR) is 146 cm³/mol. The molecule has 0 heterocycles. The Morgan fingerprint density at radius 3 is 1.03 bits per heavy atom. The molecule has 0 aliphatic heterocycles. The molecule has 0 aromatic heterocycles. The second kappa shape index (κ2) is 11.0. The number of hydrogen-bond acceptors (Lipinski definition) is 0. The van der Waals surface area contributed by atoms with Gasteiger partial charge in [0, 0.05) is 4.90 Å². The van der Waals surface area contributed by atoms with Gasteiger partial charge in [0.1, 0.15) is 0 Å². The van der Waals surface area contributed by atoms with E-state index in [0.717, 1.165) is 0 Å². The zero-order valence-electron chi connectivity index (χ0n) is 19.1. The lowest BCUT2D eigenvalue weighted by atomic mass is 10.2. The van der Waals surface area contributed by atoms with E-state index in [1.54, 1.807) is 0 Å². The molecule has 0 aliphatic carbocycles. The van der Waals surface area contributed by atoms with Crippen molar-refractivity contribution in [3.8, 4) is 0 Å². The molecule has 0 saturated carbocycles. The normalized spacial score (nSPS) is 11.8. The average Bonchev–Trinajstić information content (AvgIpc) is 2.86. The van der Waals surface area contributed by atoms with Crippen LogP contribution < -0.4 is 21.2 Å². The summed E-state index contributed by atoms with van der Waals surface area (Å²) in [5.74, 6) is 0. The second-order valence-electron chi connectivity index (χ2n) is 8.33. The summed E-state index contributed by atoms with van der Waals surface area (Å²) in [6, 6.07) is 45.1. The van der Waals surface area contributed by atoms with Crippen LogP contribution in [0.25, 0.3) is 0 Å². The number of benzene rings is 4. The first-order valence-electron chi connectivity index (χ1n) is 11.5. The zero-order chi connectivity index (χ0) is 22.2. The lowest BCUT2D eigenvalue weighted by molar-refractivity contribution is 0.676. The largest absolute Gasteiger partial charge is 0.0654 e. The van der Waals surface area contributed by atoms with E-state index in [2.05, 4.69) is 135 Å². The van der Waals surface area contributed by atoms with Crippen molar-refractivity contribution in [1.29, 1.82) is 0 Å². The van der Waals surface area contributed by atoms with Crippen molar-refractivity contribution in [3.63, 3.8) is 0 Å². The summed E-state index contributed by atoms with van der Waals surface area (Å²) in [5, 5.41) is 5.91. The first-order valence-corrected chi connectivity index (χ1v) is 14.2. The third-order valence-corrected chi connectivity index (χ3v) is 12.9. The van der Waals surface area contributed by atoms with Gasteiger partial charge in [-0.05, 0) is 43.5 Å². The summed E-state index contributed by atoms with van der Waals surface area (Å²) in [5.41, 5.74) is 0. The Morgan fingerprint density at radius 2 is 0.781 bits per heavy atom. The minimum Gasteiger partial charge on any atom is -0.0654 e. The van der Waals surface area contributed by atoms with Crippen LogP contribution in [0.4, 0.5) is 0 Å². The minimum absolute atomic E-state index is 0.131.